The highest BCUT2D eigenvalue weighted by atomic mass is 16.4. The molecule has 1 saturated carbocycles. The summed E-state index contributed by atoms with van der Waals surface area (Å²) in [6.45, 7) is 2.35. The van der Waals surface area contributed by atoms with Crippen molar-refractivity contribution in [1.82, 2.24) is 25.2 Å². The molecule has 2 N–H and O–H groups in total. The van der Waals surface area contributed by atoms with Crippen LogP contribution in [0.5, 0.6) is 0 Å². The lowest BCUT2D eigenvalue weighted by Crippen LogP contribution is -2.56. The van der Waals surface area contributed by atoms with Gasteiger partial charge in [-0.2, -0.15) is 0 Å². The number of carboxylic acids is 1. The monoisotopic (exact) mass is 267 g/mol. The molecule has 1 aliphatic carbocycles. The Morgan fingerprint density at radius 3 is 2.79 bits per heavy atom. The number of nitrogens with one attached hydrogen (secondary N) is 1. The van der Waals surface area contributed by atoms with Crippen molar-refractivity contribution in [3.63, 3.8) is 0 Å². The van der Waals surface area contributed by atoms with Crippen LogP contribution >= 0.6 is 0 Å². The van der Waals surface area contributed by atoms with Gasteiger partial charge in [0.05, 0.1) is 12.7 Å². The molecule has 7 heteroatoms. The van der Waals surface area contributed by atoms with Crippen molar-refractivity contribution in [3.05, 3.63) is 11.9 Å². The number of carbonyl (C=O) groups is 1. The first-order valence-electron chi connectivity index (χ1n) is 6.55. The minimum Gasteiger partial charge on any atom is -0.476 e. The van der Waals surface area contributed by atoms with E-state index in [4.69, 9.17) is 5.11 Å². The third-order valence-corrected chi connectivity index (χ3v) is 3.96. The number of carboxylic acid groups (broad SMARTS) is 1. The summed E-state index contributed by atoms with van der Waals surface area (Å²) >= 11 is 0. The second-order valence-corrected chi connectivity index (χ2v) is 5.32. The van der Waals surface area contributed by atoms with Crippen LogP contribution in [0, 0.1) is 0 Å². The molecule has 2 rings (SSSR count). The molecular formula is C12H21N5O2. The zero-order valence-corrected chi connectivity index (χ0v) is 11.5. The van der Waals surface area contributed by atoms with Crippen molar-refractivity contribution in [2.75, 3.05) is 27.2 Å². The molecule has 1 aliphatic rings. The molecule has 1 aromatic rings. The number of rotatable bonds is 7. The van der Waals surface area contributed by atoms with Crippen molar-refractivity contribution >= 4 is 5.97 Å². The van der Waals surface area contributed by atoms with Crippen molar-refractivity contribution in [2.45, 2.75) is 31.3 Å². The third-order valence-electron chi connectivity index (χ3n) is 3.96. The molecule has 0 aliphatic heterocycles. The first kappa shape index (κ1) is 14.0. The third kappa shape index (κ3) is 3.10. The molecule has 0 saturated heterocycles. The maximum Gasteiger partial charge on any atom is 0.358 e. The van der Waals surface area contributed by atoms with Crippen molar-refractivity contribution in [1.29, 1.82) is 0 Å². The first-order valence-corrected chi connectivity index (χ1v) is 6.55. The Kier molecular flexibility index (Phi) is 4.16. The van der Waals surface area contributed by atoms with Crippen molar-refractivity contribution in [3.8, 4) is 0 Å². The Morgan fingerprint density at radius 2 is 2.32 bits per heavy atom. The number of aromatic carboxylic acids is 1. The predicted octanol–water partition coefficient (Wildman–Crippen LogP) is 0.0502. The summed E-state index contributed by atoms with van der Waals surface area (Å²) in [5, 5.41) is 19.5. The average Bonchev–Trinajstić information content (AvgIpc) is 2.75. The summed E-state index contributed by atoms with van der Waals surface area (Å²) in [5.41, 5.74) is 0.290. The van der Waals surface area contributed by atoms with Crippen LogP contribution in [0.3, 0.4) is 0 Å². The number of aromatic nitrogens is 3. The van der Waals surface area contributed by atoms with Crippen LogP contribution in [0.4, 0.5) is 0 Å². The summed E-state index contributed by atoms with van der Waals surface area (Å²) in [7, 11) is 4.24. The molecule has 0 bridgehead atoms. The van der Waals surface area contributed by atoms with E-state index in [0.29, 0.717) is 12.1 Å². The van der Waals surface area contributed by atoms with Crippen molar-refractivity contribution in [2.24, 2.45) is 0 Å². The number of hydrogen-bond donors (Lipinski definition) is 2. The number of likely N-dealkylation sites (N-methyl/N-ethyl adjacent to an activating group) is 1. The highest BCUT2D eigenvalue weighted by Crippen LogP contribution is 2.35. The van der Waals surface area contributed by atoms with Gasteiger partial charge >= 0.3 is 5.97 Å². The number of nitrogens with zero attached hydrogens (tertiary/aromatic N) is 4. The van der Waals surface area contributed by atoms with Gasteiger partial charge in [0.1, 0.15) is 0 Å². The molecule has 1 heterocycles. The molecular weight excluding hydrogens is 246 g/mol. The smallest absolute Gasteiger partial charge is 0.358 e. The fourth-order valence-corrected chi connectivity index (χ4v) is 2.39. The highest BCUT2D eigenvalue weighted by molar-refractivity contribution is 5.84. The maximum absolute atomic E-state index is 10.7. The van der Waals surface area contributed by atoms with Gasteiger partial charge in [0.25, 0.3) is 0 Å². The van der Waals surface area contributed by atoms with Crippen LogP contribution in [-0.4, -0.2) is 63.7 Å². The van der Waals surface area contributed by atoms with Crippen LogP contribution in [0.15, 0.2) is 6.20 Å². The molecule has 106 valence electrons. The lowest BCUT2D eigenvalue weighted by atomic mass is 9.75. The van der Waals surface area contributed by atoms with Gasteiger partial charge < -0.3 is 15.3 Å². The van der Waals surface area contributed by atoms with E-state index in [1.54, 1.807) is 4.68 Å². The average molecular weight is 267 g/mol. The van der Waals surface area contributed by atoms with Crippen molar-refractivity contribution < 1.29 is 9.90 Å². The fourth-order valence-electron chi connectivity index (χ4n) is 2.39. The predicted molar refractivity (Wildman–Crippen MR) is 70.1 cm³/mol. The Hall–Kier alpha value is -1.47. The maximum atomic E-state index is 10.7. The van der Waals surface area contributed by atoms with E-state index in [0.717, 1.165) is 13.1 Å². The van der Waals surface area contributed by atoms with Gasteiger partial charge in [-0.05, 0) is 33.4 Å². The van der Waals surface area contributed by atoms with Gasteiger partial charge in [0, 0.05) is 18.6 Å². The fraction of sp³-hybridized carbons (Fsp3) is 0.750. The molecule has 0 unspecified atom stereocenters. The first-order chi connectivity index (χ1) is 9.03. The standard InChI is InChI=1S/C12H21N5O2/c1-16(2)12(4-3-5-12)9-13-6-7-17-8-10(11(18)19)14-15-17/h8,13H,3-7,9H2,1-2H3,(H,18,19). The van der Waals surface area contributed by atoms with Gasteiger partial charge in [0.2, 0.25) is 0 Å². The van der Waals surface area contributed by atoms with E-state index in [-0.39, 0.29) is 5.69 Å². The van der Waals surface area contributed by atoms with E-state index in [1.807, 2.05) is 0 Å². The van der Waals surface area contributed by atoms with Crippen LogP contribution in [0.1, 0.15) is 29.8 Å². The van der Waals surface area contributed by atoms with Crippen LogP contribution in [0.2, 0.25) is 0 Å². The molecule has 7 nitrogen and oxygen atoms in total. The Balaban J connectivity index is 1.73. The molecule has 0 aromatic carbocycles. The molecule has 0 spiro atoms. The Labute approximate surface area is 112 Å². The van der Waals surface area contributed by atoms with E-state index in [9.17, 15) is 4.79 Å². The highest BCUT2D eigenvalue weighted by Gasteiger charge is 2.38. The summed E-state index contributed by atoms with van der Waals surface area (Å²) < 4.78 is 1.56. The summed E-state index contributed by atoms with van der Waals surface area (Å²) in [4.78, 5) is 13.0. The second kappa shape index (κ2) is 5.66. The van der Waals surface area contributed by atoms with Gasteiger partial charge in [0.15, 0.2) is 5.69 Å². The van der Waals surface area contributed by atoms with Gasteiger partial charge in [-0.25, -0.2) is 4.79 Å². The second-order valence-electron chi connectivity index (χ2n) is 5.32. The SMILES string of the molecule is CN(C)C1(CNCCn2cc(C(=O)O)nn2)CCC1. The summed E-state index contributed by atoms with van der Waals surface area (Å²) in [5.74, 6) is -1.04. The Bertz CT molecular complexity index is 439. The van der Waals surface area contributed by atoms with E-state index < -0.39 is 5.97 Å². The summed E-state index contributed by atoms with van der Waals surface area (Å²) in [6, 6.07) is 0. The normalized spacial score (nSPS) is 17.4. The Morgan fingerprint density at radius 1 is 1.58 bits per heavy atom. The van der Waals surface area contributed by atoms with E-state index in [2.05, 4.69) is 34.6 Å². The minimum atomic E-state index is -1.04. The topological polar surface area (TPSA) is 83.3 Å². The van der Waals surface area contributed by atoms with Gasteiger partial charge in [-0.3, -0.25) is 4.68 Å². The molecule has 0 radical (unpaired) electrons. The van der Waals surface area contributed by atoms with Crippen LogP contribution in [0.25, 0.3) is 0 Å². The zero-order valence-electron chi connectivity index (χ0n) is 11.5. The molecule has 1 aromatic heterocycles. The molecule has 19 heavy (non-hydrogen) atoms. The summed E-state index contributed by atoms with van der Waals surface area (Å²) in [6.07, 6.45) is 5.22. The van der Waals surface area contributed by atoms with Crippen LogP contribution in [-0.2, 0) is 6.54 Å². The largest absolute Gasteiger partial charge is 0.476 e. The van der Waals surface area contributed by atoms with Gasteiger partial charge in [-0.1, -0.05) is 5.21 Å². The molecule has 0 atom stereocenters. The lowest BCUT2D eigenvalue weighted by Gasteiger charge is -2.47. The molecule has 1 fully saturated rings. The van der Waals surface area contributed by atoms with E-state index in [1.165, 1.54) is 25.5 Å². The quantitative estimate of drug-likeness (QED) is 0.679. The van der Waals surface area contributed by atoms with Crippen LogP contribution < -0.4 is 5.32 Å². The number of hydrogen-bond acceptors (Lipinski definition) is 5. The lowest BCUT2D eigenvalue weighted by molar-refractivity contribution is 0.0600. The van der Waals surface area contributed by atoms with E-state index >= 15 is 0 Å². The minimum absolute atomic E-state index is 0.0104. The zero-order chi connectivity index (χ0) is 13.9. The van der Waals surface area contributed by atoms with Gasteiger partial charge in [-0.15, -0.1) is 5.10 Å². The molecule has 0 amide bonds.